The summed E-state index contributed by atoms with van der Waals surface area (Å²) in [5.41, 5.74) is 7.05. The van der Waals surface area contributed by atoms with Crippen molar-refractivity contribution in [3.05, 3.63) is 35.9 Å². The predicted octanol–water partition coefficient (Wildman–Crippen LogP) is 2.10. The second kappa shape index (κ2) is 6.86. The largest absolute Gasteiger partial charge is 0.367 e. The number of rotatable bonds is 4. The summed E-state index contributed by atoms with van der Waals surface area (Å²) < 4.78 is 5.41. The lowest BCUT2D eigenvalue weighted by atomic mass is 9.89. The molecule has 0 aliphatic heterocycles. The van der Waals surface area contributed by atoms with E-state index >= 15 is 0 Å². The van der Waals surface area contributed by atoms with Gasteiger partial charge < -0.3 is 15.4 Å². The van der Waals surface area contributed by atoms with Crippen LogP contribution in [0.5, 0.6) is 0 Å². The molecule has 4 heteroatoms. The van der Waals surface area contributed by atoms with E-state index in [1.807, 2.05) is 37.4 Å². The van der Waals surface area contributed by atoms with Gasteiger partial charge in [0, 0.05) is 26.2 Å². The van der Waals surface area contributed by atoms with E-state index in [0.29, 0.717) is 0 Å². The first kappa shape index (κ1) is 15.0. The molecular weight excluding hydrogens is 252 g/mol. The number of carbonyl (C=O) groups is 1. The van der Waals surface area contributed by atoms with Crippen LogP contribution in [0, 0.1) is 0 Å². The zero-order chi connectivity index (χ0) is 14.5. The van der Waals surface area contributed by atoms with Crippen LogP contribution in [0.3, 0.4) is 0 Å². The molecule has 1 aromatic rings. The highest BCUT2D eigenvalue weighted by Crippen LogP contribution is 2.25. The monoisotopic (exact) mass is 276 g/mol. The molecule has 1 fully saturated rings. The van der Waals surface area contributed by atoms with Crippen molar-refractivity contribution in [1.29, 1.82) is 0 Å². The normalized spacial score (nSPS) is 24.1. The maximum absolute atomic E-state index is 12.7. The maximum atomic E-state index is 12.7. The number of nitrogens with two attached hydrogens (primary N) is 1. The molecule has 4 nitrogen and oxygen atoms in total. The van der Waals surface area contributed by atoms with Crippen molar-refractivity contribution >= 4 is 5.91 Å². The van der Waals surface area contributed by atoms with Gasteiger partial charge in [0.2, 0.25) is 0 Å². The molecule has 3 atom stereocenters. The topological polar surface area (TPSA) is 55.6 Å². The molecule has 0 aromatic heterocycles. The van der Waals surface area contributed by atoms with Gasteiger partial charge in [-0.3, -0.25) is 4.79 Å². The molecule has 2 N–H and O–H groups in total. The highest BCUT2D eigenvalue weighted by molar-refractivity contribution is 5.82. The van der Waals surface area contributed by atoms with Crippen LogP contribution in [0.4, 0.5) is 0 Å². The number of ether oxygens (including phenoxy) is 1. The van der Waals surface area contributed by atoms with Crippen LogP contribution in [0.2, 0.25) is 0 Å². The second-order valence-corrected chi connectivity index (χ2v) is 5.49. The Hall–Kier alpha value is -1.39. The molecule has 1 saturated carbocycles. The van der Waals surface area contributed by atoms with Gasteiger partial charge >= 0.3 is 0 Å². The number of hydrogen-bond donors (Lipinski definition) is 1. The van der Waals surface area contributed by atoms with Gasteiger partial charge in [-0.05, 0) is 18.4 Å². The lowest BCUT2D eigenvalue weighted by molar-refractivity contribution is -0.144. The Labute approximate surface area is 120 Å². The van der Waals surface area contributed by atoms with E-state index in [2.05, 4.69) is 0 Å². The van der Waals surface area contributed by atoms with Crippen LogP contribution in [0.1, 0.15) is 37.4 Å². The first-order valence-corrected chi connectivity index (χ1v) is 7.25. The number of hydrogen-bond acceptors (Lipinski definition) is 3. The summed E-state index contributed by atoms with van der Waals surface area (Å²) in [6.45, 7) is 0. The van der Waals surface area contributed by atoms with Crippen molar-refractivity contribution in [3.8, 4) is 0 Å². The van der Waals surface area contributed by atoms with E-state index < -0.39 is 6.10 Å². The van der Waals surface area contributed by atoms with Gasteiger partial charge in [-0.25, -0.2) is 0 Å². The zero-order valence-electron chi connectivity index (χ0n) is 12.3. The average Bonchev–Trinajstić information content (AvgIpc) is 2.49. The molecule has 1 aliphatic carbocycles. The van der Waals surface area contributed by atoms with Gasteiger partial charge in [-0.1, -0.05) is 43.2 Å². The number of likely N-dealkylation sites (N-methyl/N-ethyl adjacent to an activating group) is 1. The molecule has 0 radical (unpaired) electrons. The number of nitrogens with zero attached hydrogens (tertiary/aromatic N) is 1. The molecule has 0 saturated heterocycles. The van der Waals surface area contributed by atoms with Crippen molar-refractivity contribution in [2.75, 3.05) is 14.2 Å². The van der Waals surface area contributed by atoms with E-state index in [1.54, 1.807) is 12.0 Å². The predicted molar refractivity (Wildman–Crippen MR) is 79.2 cm³/mol. The Kier molecular flexibility index (Phi) is 5.15. The number of methoxy groups -OCH3 is 1. The Morgan fingerprint density at radius 2 is 1.95 bits per heavy atom. The van der Waals surface area contributed by atoms with Gasteiger partial charge in [-0.15, -0.1) is 0 Å². The Bertz CT molecular complexity index is 435. The second-order valence-electron chi connectivity index (χ2n) is 5.49. The summed E-state index contributed by atoms with van der Waals surface area (Å²) in [5.74, 6) is -0.0129. The molecular formula is C16H24N2O2. The van der Waals surface area contributed by atoms with Crippen molar-refractivity contribution in [2.24, 2.45) is 5.73 Å². The molecule has 0 bridgehead atoms. The molecule has 20 heavy (non-hydrogen) atoms. The van der Waals surface area contributed by atoms with Crippen LogP contribution in [0.15, 0.2) is 30.3 Å². The third-order valence-corrected chi connectivity index (χ3v) is 4.19. The molecule has 3 unspecified atom stereocenters. The van der Waals surface area contributed by atoms with Gasteiger partial charge in [0.05, 0.1) is 0 Å². The Morgan fingerprint density at radius 3 is 2.55 bits per heavy atom. The molecule has 1 aromatic carbocycles. The molecule has 1 aliphatic rings. The van der Waals surface area contributed by atoms with Gasteiger partial charge in [0.15, 0.2) is 6.10 Å². The summed E-state index contributed by atoms with van der Waals surface area (Å²) in [6.07, 6.45) is 3.72. The minimum Gasteiger partial charge on any atom is -0.367 e. The van der Waals surface area contributed by atoms with Crippen LogP contribution >= 0.6 is 0 Å². The summed E-state index contributed by atoms with van der Waals surface area (Å²) in [4.78, 5) is 14.4. The van der Waals surface area contributed by atoms with Gasteiger partial charge in [0.1, 0.15) is 0 Å². The lowest BCUT2D eigenvalue weighted by Gasteiger charge is -2.37. The smallest absolute Gasteiger partial charge is 0.256 e. The Morgan fingerprint density at radius 1 is 1.30 bits per heavy atom. The van der Waals surface area contributed by atoms with E-state index in [1.165, 1.54) is 0 Å². The fourth-order valence-corrected chi connectivity index (χ4v) is 2.98. The number of carbonyl (C=O) groups excluding carboxylic acids is 1. The molecule has 0 spiro atoms. The van der Waals surface area contributed by atoms with Crippen molar-refractivity contribution in [1.82, 2.24) is 4.90 Å². The first-order valence-electron chi connectivity index (χ1n) is 7.25. The maximum Gasteiger partial charge on any atom is 0.256 e. The van der Waals surface area contributed by atoms with Crippen LogP contribution in [-0.2, 0) is 9.53 Å². The summed E-state index contributed by atoms with van der Waals surface area (Å²) in [6, 6.07) is 9.80. The molecule has 110 valence electrons. The first-order chi connectivity index (χ1) is 9.65. The summed E-state index contributed by atoms with van der Waals surface area (Å²) >= 11 is 0. The minimum absolute atomic E-state index is 0.0129. The average molecular weight is 276 g/mol. The van der Waals surface area contributed by atoms with E-state index in [0.717, 1.165) is 31.2 Å². The molecule has 1 amide bonds. The molecule has 0 heterocycles. The van der Waals surface area contributed by atoms with Crippen molar-refractivity contribution in [3.63, 3.8) is 0 Å². The standard InChI is InChI=1S/C16H24N2O2/c1-18(14-11-7-6-10-13(14)17)16(19)15(20-2)12-8-4-3-5-9-12/h3-5,8-9,13-15H,6-7,10-11,17H2,1-2H3. The van der Waals surface area contributed by atoms with Gasteiger partial charge in [0.25, 0.3) is 5.91 Å². The highest BCUT2D eigenvalue weighted by atomic mass is 16.5. The van der Waals surface area contributed by atoms with E-state index in [-0.39, 0.29) is 18.0 Å². The minimum atomic E-state index is -0.546. The zero-order valence-corrected chi connectivity index (χ0v) is 12.3. The van der Waals surface area contributed by atoms with Crippen molar-refractivity contribution in [2.45, 2.75) is 43.9 Å². The Balaban J connectivity index is 2.12. The SMILES string of the molecule is COC(C(=O)N(C)C1CCCCC1N)c1ccccc1. The quantitative estimate of drug-likeness (QED) is 0.916. The number of amides is 1. The van der Waals surface area contributed by atoms with Gasteiger partial charge in [-0.2, -0.15) is 0 Å². The number of benzene rings is 1. The summed E-state index contributed by atoms with van der Waals surface area (Å²) in [5, 5.41) is 0. The van der Waals surface area contributed by atoms with Crippen LogP contribution in [0.25, 0.3) is 0 Å². The summed E-state index contributed by atoms with van der Waals surface area (Å²) in [7, 11) is 3.41. The molecule has 2 rings (SSSR count). The van der Waals surface area contributed by atoms with Crippen LogP contribution < -0.4 is 5.73 Å². The highest BCUT2D eigenvalue weighted by Gasteiger charge is 2.32. The third kappa shape index (κ3) is 3.19. The fraction of sp³-hybridized carbons (Fsp3) is 0.562. The van der Waals surface area contributed by atoms with E-state index in [9.17, 15) is 4.79 Å². The lowest BCUT2D eigenvalue weighted by Crippen LogP contribution is -2.51. The van der Waals surface area contributed by atoms with E-state index in [4.69, 9.17) is 10.5 Å². The third-order valence-electron chi connectivity index (χ3n) is 4.19. The van der Waals surface area contributed by atoms with Crippen LogP contribution in [-0.4, -0.2) is 37.0 Å². The fourth-order valence-electron chi connectivity index (χ4n) is 2.98. The van der Waals surface area contributed by atoms with Crippen molar-refractivity contribution < 1.29 is 9.53 Å².